The zero-order valence-electron chi connectivity index (χ0n) is 12.3. The van der Waals surface area contributed by atoms with Crippen LogP contribution in [0.4, 0.5) is 11.4 Å². The van der Waals surface area contributed by atoms with Gasteiger partial charge in [-0.05, 0) is 24.6 Å². The second-order valence-corrected chi connectivity index (χ2v) is 6.35. The molecule has 9 heteroatoms. The molecule has 0 aliphatic heterocycles. The summed E-state index contributed by atoms with van der Waals surface area (Å²) in [5.74, 6) is -0.577. The molecule has 8 nitrogen and oxygen atoms in total. The molecule has 2 aromatic carbocycles. The number of ether oxygens (including phenoxy) is 1. The highest BCUT2D eigenvalue weighted by molar-refractivity contribution is 7.92. The lowest BCUT2D eigenvalue weighted by molar-refractivity contribution is -0.385. The van der Waals surface area contributed by atoms with Gasteiger partial charge in [0.05, 0.1) is 12.0 Å². The number of rotatable bonds is 5. The summed E-state index contributed by atoms with van der Waals surface area (Å²) in [6.07, 6.45) is 0. The molecule has 0 unspecified atom stereocenters. The Balaban J connectivity index is 2.49. The van der Waals surface area contributed by atoms with Crippen molar-refractivity contribution in [2.45, 2.75) is 11.8 Å². The van der Waals surface area contributed by atoms with Crippen LogP contribution in [0.2, 0.25) is 0 Å². The summed E-state index contributed by atoms with van der Waals surface area (Å²) >= 11 is 0. The zero-order chi connectivity index (χ0) is 17.2. The summed E-state index contributed by atoms with van der Waals surface area (Å²) in [5, 5.41) is 22.5. The van der Waals surface area contributed by atoms with E-state index in [1.807, 2.05) is 0 Å². The molecule has 0 aliphatic carbocycles. The van der Waals surface area contributed by atoms with Gasteiger partial charge >= 0.3 is 0 Å². The van der Waals surface area contributed by atoms with E-state index >= 15 is 0 Å². The number of anilines is 1. The average Bonchev–Trinajstić information content (AvgIpc) is 2.49. The van der Waals surface area contributed by atoms with Gasteiger partial charge in [-0.3, -0.25) is 14.8 Å². The Morgan fingerprint density at radius 3 is 2.48 bits per heavy atom. The van der Waals surface area contributed by atoms with Crippen LogP contribution in [0.25, 0.3) is 0 Å². The number of methoxy groups -OCH3 is 1. The van der Waals surface area contributed by atoms with Crippen molar-refractivity contribution in [2.24, 2.45) is 0 Å². The van der Waals surface area contributed by atoms with Gasteiger partial charge in [-0.1, -0.05) is 17.9 Å². The quantitative estimate of drug-likeness (QED) is 0.655. The molecule has 0 aromatic heterocycles. The summed E-state index contributed by atoms with van der Waals surface area (Å²) in [7, 11) is -2.83. The third kappa shape index (κ3) is 3.51. The van der Waals surface area contributed by atoms with Crippen LogP contribution >= 0.6 is 0 Å². The molecule has 0 aliphatic rings. The molecule has 0 heterocycles. The molecule has 0 saturated carbocycles. The summed E-state index contributed by atoms with van der Waals surface area (Å²) < 4.78 is 32.0. The molecule has 2 aromatic rings. The number of sulfonamides is 1. The number of nitrogens with zero attached hydrogens (tertiary/aromatic N) is 1. The lowest BCUT2D eigenvalue weighted by atomic mass is 10.2. The molecule has 0 radical (unpaired) electrons. The van der Waals surface area contributed by atoms with Crippen molar-refractivity contribution in [3.8, 4) is 11.5 Å². The van der Waals surface area contributed by atoms with Crippen LogP contribution in [0, 0.1) is 17.0 Å². The first-order chi connectivity index (χ1) is 10.7. The molecule has 0 amide bonds. The number of hydrogen-bond donors (Lipinski definition) is 1. The van der Waals surface area contributed by atoms with E-state index in [9.17, 15) is 23.6 Å². The highest BCUT2D eigenvalue weighted by Gasteiger charge is 2.21. The smallest absolute Gasteiger partial charge is 0.271 e. The van der Waals surface area contributed by atoms with Crippen molar-refractivity contribution in [3.63, 3.8) is 0 Å². The maximum atomic E-state index is 12.5. The van der Waals surface area contributed by atoms with E-state index in [2.05, 4.69) is 4.72 Å². The summed E-state index contributed by atoms with van der Waals surface area (Å²) in [4.78, 5) is 9.87. The molecule has 1 N–H and O–H groups in total. The molecule has 122 valence electrons. The zero-order valence-corrected chi connectivity index (χ0v) is 13.1. The number of nitro groups is 1. The summed E-state index contributed by atoms with van der Waals surface area (Å²) in [6.45, 7) is 1.70. The maximum absolute atomic E-state index is 12.5. The first kappa shape index (κ1) is 16.6. The van der Waals surface area contributed by atoms with Crippen LogP contribution in [0.5, 0.6) is 11.5 Å². The largest absolute Gasteiger partial charge is 0.871 e. The number of nitro benzene ring substituents is 1. The first-order valence-electron chi connectivity index (χ1n) is 6.37. The Morgan fingerprint density at radius 2 is 1.87 bits per heavy atom. The van der Waals surface area contributed by atoms with Crippen molar-refractivity contribution in [2.75, 3.05) is 11.8 Å². The van der Waals surface area contributed by atoms with Gasteiger partial charge in [-0.15, -0.1) is 0 Å². The van der Waals surface area contributed by atoms with Gasteiger partial charge in [0.25, 0.3) is 15.7 Å². The second kappa shape index (κ2) is 6.13. The number of non-ortho nitro benzene ring substituents is 1. The van der Waals surface area contributed by atoms with E-state index in [0.29, 0.717) is 5.56 Å². The monoisotopic (exact) mass is 337 g/mol. The van der Waals surface area contributed by atoms with Gasteiger partial charge in [-0.25, -0.2) is 8.42 Å². The normalized spacial score (nSPS) is 11.0. The molecule has 2 rings (SSSR count). The predicted molar refractivity (Wildman–Crippen MR) is 81.1 cm³/mol. The van der Waals surface area contributed by atoms with Crippen LogP contribution in [-0.4, -0.2) is 20.5 Å². The van der Waals surface area contributed by atoms with Gasteiger partial charge in [-0.2, -0.15) is 0 Å². The van der Waals surface area contributed by atoms with Crippen LogP contribution in [0.3, 0.4) is 0 Å². The standard InChI is InChI=1S/C14H14N2O6S/c1-9-3-6-13(22-2)14(7-9)23(20,21)15-11-8-10(16(18)19)4-5-12(11)17/h3-8,15,17H,1-2H3/p-1. The number of benzene rings is 2. The van der Waals surface area contributed by atoms with Gasteiger partial charge in [0, 0.05) is 17.8 Å². The van der Waals surface area contributed by atoms with Gasteiger partial charge in [0.1, 0.15) is 10.6 Å². The fourth-order valence-corrected chi connectivity index (χ4v) is 3.22. The highest BCUT2D eigenvalue weighted by Crippen LogP contribution is 2.31. The molecule has 0 spiro atoms. The van der Waals surface area contributed by atoms with Crippen molar-refractivity contribution < 1.29 is 23.2 Å². The second-order valence-electron chi connectivity index (χ2n) is 4.70. The van der Waals surface area contributed by atoms with Gasteiger partial charge < -0.3 is 9.84 Å². The summed E-state index contributed by atoms with van der Waals surface area (Å²) in [5.41, 5.74) is -0.117. The van der Waals surface area contributed by atoms with Crippen LogP contribution in [0.1, 0.15) is 5.56 Å². The van der Waals surface area contributed by atoms with Crippen molar-refractivity contribution >= 4 is 21.4 Å². The Labute approximate surface area is 132 Å². The van der Waals surface area contributed by atoms with Crippen LogP contribution < -0.4 is 14.6 Å². The van der Waals surface area contributed by atoms with Crippen molar-refractivity contribution in [3.05, 3.63) is 52.1 Å². The minimum Gasteiger partial charge on any atom is -0.871 e. The average molecular weight is 337 g/mol. The van der Waals surface area contributed by atoms with Gasteiger partial charge in [0.2, 0.25) is 0 Å². The van der Waals surface area contributed by atoms with Crippen molar-refractivity contribution in [1.29, 1.82) is 0 Å². The van der Waals surface area contributed by atoms with Crippen LogP contribution in [0.15, 0.2) is 41.3 Å². The van der Waals surface area contributed by atoms with E-state index in [4.69, 9.17) is 4.74 Å². The molecule has 0 atom stereocenters. The van der Waals surface area contributed by atoms with E-state index in [0.717, 1.165) is 18.2 Å². The molecular formula is C14H13N2O6S-. The fourth-order valence-electron chi connectivity index (χ4n) is 1.90. The molecule has 0 bridgehead atoms. The molecule has 0 saturated heterocycles. The summed E-state index contributed by atoms with van der Waals surface area (Å²) in [6, 6.07) is 7.35. The van der Waals surface area contributed by atoms with E-state index < -0.39 is 32.1 Å². The third-order valence-corrected chi connectivity index (χ3v) is 4.41. The van der Waals surface area contributed by atoms with E-state index in [1.54, 1.807) is 13.0 Å². The van der Waals surface area contributed by atoms with E-state index in [-0.39, 0.29) is 10.6 Å². The Kier molecular flexibility index (Phi) is 4.41. The minimum absolute atomic E-state index is 0.0981. The fraction of sp³-hybridized carbons (Fsp3) is 0.143. The highest BCUT2D eigenvalue weighted by atomic mass is 32.2. The van der Waals surface area contributed by atoms with Crippen molar-refractivity contribution in [1.82, 2.24) is 0 Å². The maximum Gasteiger partial charge on any atom is 0.271 e. The molecular weight excluding hydrogens is 324 g/mol. The number of nitrogens with one attached hydrogen (secondary N) is 1. The Morgan fingerprint density at radius 1 is 1.17 bits per heavy atom. The van der Waals surface area contributed by atoms with E-state index in [1.165, 1.54) is 19.2 Å². The predicted octanol–water partition coefficient (Wildman–Crippen LogP) is 1.79. The first-order valence-corrected chi connectivity index (χ1v) is 7.86. The molecule has 23 heavy (non-hydrogen) atoms. The topological polar surface area (TPSA) is 122 Å². The number of hydrogen-bond acceptors (Lipinski definition) is 6. The van der Waals surface area contributed by atoms with Crippen LogP contribution in [-0.2, 0) is 10.0 Å². The SMILES string of the molecule is COc1ccc(C)cc1S(=O)(=O)Nc1cc([N+](=O)[O-])ccc1[O-]. The lowest BCUT2D eigenvalue weighted by Gasteiger charge is -2.16. The molecule has 0 fully saturated rings. The Bertz CT molecular complexity index is 864. The minimum atomic E-state index is -4.14. The third-order valence-electron chi connectivity index (χ3n) is 3.03. The lowest BCUT2D eigenvalue weighted by Crippen LogP contribution is -2.15. The Hall–Kier alpha value is -2.81. The number of aryl methyl sites for hydroxylation is 1. The van der Waals surface area contributed by atoms with Gasteiger partial charge in [0.15, 0.2) is 0 Å².